The van der Waals surface area contributed by atoms with Gasteiger partial charge in [0.2, 0.25) is 0 Å². The average Bonchev–Trinajstić information content (AvgIpc) is 2.73. The Morgan fingerprint density at radius 3 is 2.57 bits per heavy atom. The number of hydrogen-bond acceptors (Lipinski definition) is 3. The molecule has 1 heterocycles. The van der Waals surface area contributed by atoms with Gasteiger partial charge in [0, 0.05) is 18.7 Å². The third kappa shape index (κ3) is 3.18. The quantitative estimate of drug-likeness (QED) is 0.900. The molecule has 0 aliphatic heterocycles. The first-order chi connectivity index (χ1) is 9.90. The van der Waals surface area contributed by atoms with Crippen molar-refractivity contribution in [2.24, 2.45) is 7.05 Å². The molecule has 0 fully saturated rings. The molecule has 1 aromatic heterocycles. The third-order valence-corrected chi connectivity index (χ3v) is 3.13. The van der Waals surface area contributed by atoms with E-state index >= 15 is 0 Å². The Morgan fingerprint density at radius 1 is 1.43 bits per heavy atom. The average molecular weight is 294 g/mol. The van der Waals surface area contributed by atoms with Crippen LogP contribution in [0.25, 0.3) is 0 Å². The van der Waals surface area contributed by atoms with Gasteiger partial charge in [-0.05, 0) is 25.5 Å². The Morgan fingerprint density at radius 2 is 2.05 bits per heavy atom. The lowest BCUT2D eigenvalue weighted by Gasteiger charge is -2.15. The van der Waals surface area contributed by atoms with E-state index in [2.05, 4.69) is 10.4 Å². The normalized spacial score (nSPS) is 12.2. The Labute approximate surface area is 120 Å². The highest BCUT2D eigenvalue weighted by Gasteiger charge is 2.19. The molecule has 2 aromatic rings. The zero-order valence-corrected chi connectivity index (χ0v) is 11.7. The molecule has 1 amide bonds. The van der Waals surface area contributed by atoms with E-state index in [0.717, 1.165) is 0 Å². The van der Waals surface area contributed by atoms with Gasteiger partial charge in [0.05, 0.1) is 11.9 Å². The summed E-state index contributed by atoms with van der Waals surface area (Å²) >= 11 is 0. The van der Waals surface area contributed by atoms with Gasteiger partial charge in [-0.1, -0.05) is 6.07 Å². The fraction of sp³-hybridized carbons (Fsp3) is 0.286. The number of rotatable bonds is 4. The van der Waals surface area contributed by atoms with E-state index in [0.29, 0.717) is 0 Å². The van der Waals surface area contributed by atoms with Gasteiger partial charge < -0.3 is 11.1 Å². The van der Waals surface area contributed by atoms with E-state index in [4.69, 9.17) is 5.73 Å². The van der Waals surface area contributed by atoms with Crippen molar-refractivity contribution in [2.75, 3.05) is 5.73 Å². The van der Waals surface area contributed by atoms with Crippen LogP contribution < -0.4 is 11.1 Å². The van der Waals surface area contributed by atoms with Gasteiger partial charge in [-0.2, -0.15) is 5.10 Å². The molecule has 0 aliphatic carbocycles. The second-order valence-electron chi connectivity index (χ2n) is 4.85. The molecular formula is C14H16F2N4O. The van der Waals surface area contributed by atoms with Crippen molar-refractivity contribution in [3.8, 4) is 0 Å². The molecule has 112 valence electrons. The van der Waals surface area contributed by atoms with Crippen LogP contribution in [0.5, 0.6) is 0 Å². The SMILES string of the molecule is CC(Cc1c(F)cccc1F)NC(=O)c1c(N)cnn1C. The van der Waals surface area contributed by atoms with Crippen LogP contribution >= 0.6 is 0 Å². The zero-order valence-electron chi connectivity index (χ0n) is 11.7. The lowest BCUT2D eigenvalue weighted by atomic mass is 10.1. The summed E-state index contributed by atoms with van der Waals surface area (Å²) in [7, 11) is 1.59. The second-order valence-corrected chi connectivity index (χ2v) is 4.85. The first-order valence-corrected chi connectivity index (χ1v) is 6.41. The number of halogens is 2. The van der Waals surface area contributed by atoms with Crippen molar-refractivity contribution in [1.82, 2.24) is 15.1 Å². The van der Waals surface area contributed by atoms with Crippen molar-refractivity contribution < 1.29 is 13.6 Å². The minimum atomic E-state index is -0.629. The number of benzene rings is 1. The monoisotopic (exact) mass is 294 g/mol. The third-order valence-electron chi connectivity index (χ3n) is 3.13. The summed E-state index contributed by atoms with van der Waals surface area (Å²) in [6.45, 7) is 1.66. The van der Waals surface area contributed by atoms with Gasteiger partial charge in [-0.25, -0.2) is 8.78 Å². The Bertz CT molecular complexity index is 629. The van der Waals surface area contributed by atoms with Crippen LogP contribution in [0.3, 0.4) is 0 Å². The molecule has 2 rings (SSSR count). The number of carbonyl (C=O) groups excluding carboxylic acids is 1. The lowest BCUT2D eigenvalue weighted by molar-refractivity contribution is 0.0931. The number of amides is 1. The largest absolute Gasteiger partial charge is 0.396 e. The van der Waals surface area contributed by atoms with Crippen molar-refractivity contribution in [3.05, 3.63) is 47.3 Å². The van der Waals surface area contributed by atoms with Crippen LogP contribution in [0, 0.1) is 11.6 Å². The smallest absolute Gasteiger partial charge is 0.271 e. The number of nitrogens with two attached hydrogens (primary N) is 1. The van der Waals surface area contributed by atoms with E-state index in [1.54, 1.807) is 14.0 Å². The number of nitrogens with zero attached hydrogens (tertiary/aromatic N) is 2. The standard InChI is InChI=1S/C14H16F2N4O/c1-8(6-9-10(15)4-3-5-11(9)16)19-14(21)13-12(17)7-18-20(13)2/h3-5,7-8H,6,17H2,1-2H3,(H,19,21). The summed E-state index contributed by atoms with van der Waals surface area (Å²) in [5.41, 5.74) is 6.07. The molecule has 0 radical (unpaired) electrons. The van der Waals surface area contributed by atoms with Crippen LogP contribution in [0.15, 0.2) is 24.4 Å². The van der Waals surface area contributed by atoms with Gasteiger partial charge in [0.1, 0.15) is 17.3 Å². The molecule has 7 heteroatoms. The zero-order chi connectivity index (χ0) is 15.6. The Hall–Kier alpha value is -2.44. The van der Waals surface area contributed by atoms with Crippen molar-refractivity contribution in [3.63, 3.8) is 0 Å². The van der Waals surface area contributed by atoms with E-state index in [1.165, 1.54) is 29.1 Å². The summed E-state index contributed by atoms with van der Waals surface area (Å²) in [5.74, 6) is -1.69. The summed E-state index contributed by atoms with van der Waals surface area (Å²) in [6.07, 6.45) is 1.41. The summed E-state index contributed by atoms with van der Waals surface area (Å²) in [6, 6.07) is 3.21. The highest BCUT2D eigenvalue weighted by molar-refractivity contribution is 5.97. The van der Waals surface area contributed by atoms with Crippen molar-refractivity contribution in [2.45, 2.75) is 19.4 Å². The highest BCUT2D eigenvalue weighted by Crippen LogP contribution is 2.15. The first-order valence-electron chi connectivity index (χ1n) is 6.41. The van der Waals surface area contributed by atoms with Gasteiger partial charge >= 0.3 is 0 Å². The minimum absolute atomic E-state index is 0.0437. The Balaban J connectivity index is 2.09. The summed E-state index contributed by atoms with van der Waals surface area (Å²) in [5, 5.41) is 6.52. The van der Waals surface area contributed by atoms with Gasteiger partial charge in [0.25, 0.3) is 5.91 Å². The minimum Gasteiger partial charge on any atom is -0.396 e. The predicted octanol–water partition coefficient (Wildman–Crippen LogP) is 1.64. The van der Waals surface area contributed by atoms with Crippen LogP contribution in [0.4, 0.5) is 14.5 Å². The molecule has 0 aliphatic rings. The summed E-state index contributed by atoms with van der Waals surface area (Å²) in [4.78, 5) is 12.1. The van der Waals surface area contributed by atoms with Crippen LogP contribution in [-0.2, 0) is 13.5 Å². The van der Waals surface area contributed by atoms with Crippen LogP contribution in [0.1, 0.15) is 23.0 Å². The molecule has 1 atom stereocenters. The fourth-order valence-corrected chi connectivity index (χ4v) is 2.11. The van der Waals surface area contributed by atoms with E-state index in [-0.39, 0.29) is 23.4 Å². The number of hydrogen-bond donors (Lipinski definition) is 2. The summed E-state index contributed by atoms with van der Waals surface area (Å²) < 4.78 is 28.5. The maximum atomic E-state index is 13.6. The van der Waals surface area contributed by atoms with Gasteiger partial charge in [-0.3, -0.25) is 9.48 Å². The number of carbonyl (C=O) groups is 1. The molecule has 0 saturated heterocycles. The molecular weight excluding hydrogens is 278 g/mol. The number of nitrogen functional groups attached to an aromatic ring is 1. The molecule has 21 heavy (non-hydrogen) atoms. The first kappa shape index (κ1) is 15.0. The highest BCUT2D eigenvalue weighted by atomic mass is 19.1. The Kier molecular flexibility index (Phi) is 4.21. The molecule has 1 aromatic carbocycles. The van der Waals surface area contributed by atoms with Crippen LogP contribution in [-0.4, -0.2) is 21.7 Å². The molecule has 5 nitrogen and oxygen atoms in total. The number of aryl methyl sites for hydroxylation is 1. The van der Waals surface area contributed by atoms with Crippen LogP contribution in [0.2, 0.25) is 0 Å². The fourth-order valence-electron chi connectivity index (χ4n) is 2.11. The molecule has 0 spiro atoms. The molecule has 3 N–H and O–H groups in total. The lowest BCUT2D eigenvalue weighted by Crippen LogP contribution is -2.36. The van der Waals surface area contributed by atoms with Gasteiger partial charge in [0.15, 0.2) is 0 Å². The number of anilines is 1. The maximum Gasteiger partial charge on any atom is 0.271 e. The molecule has 1 unspecified atom stereocenters. The number of nitrogens with one attached hydrogen (secondary N) is 1. The molecule has 0 saturated carbocycles. The van der Waals surface area contributed by atoms with E-state index in [1.807, 2.05) is 0 Å². The van der Waals surface area contributed by atoms with Crippen molar-refractivity contribution in [1.29, 1.82) is 0 Å². The topological polar surface area (TPSA) is 72.9 Å². The second kappa shape index (κ2) is 5.90. The maximum absolute atomic E-state index is 13.6. The van der Waals surface area contributed by atoms with Gasteiger partial charge in [-0.15, -0.1) is 0 Å². The van der Waals surface area contributed by atoms with Crippen molar-refractivity contribution >= 4 is 11.6 Å². The van der Waals surface area contributed by atoms with E-state index in [9.17, 15) is 13.6 Å². The predicted molar refractivity (Wildman–Crippen MR) is 74.6 cm³/mol. The number of aromatic nitrogens is 2. The van der Waals surface area contributed by atoms with E-state index < -0.39 is 23.6 Å². The molecule has 0 bridgehead atoms.